The second-order valence-corrected chi connectivity index (χ2v) is 7.53. The van der Waals surface area contributed by atoms with Crippen molar-refractivity contribution in [3.63, 3.8) is 0 Å². The first-order valence-corrected chi connectivity index (χ1v) is 9.51. The van der Waals surface area contributed by atoms with Crippen LogP contribution in [0.5, 0.6) is 0 Å². The average molecular weight is 307 g/mol. The molecule has 2 nitrogen and oxygen atoms in total. The predicted molar refractivity (Wildman–Crippen MR) is 90.7 cm³/mol. The van der Waals surface area contributed by atoms with E-state index >= 15 is 0 Å². The summed E-state index contributed by atoms with van der Waals surface area (Å²) >= 11 is 3.71. The van der Waals surface area contributed by atoms with Gasteiger partial charge in [-0.1, -0.05) is 19.4 Å². The van der Waals surface area contributed by atoms with E-state index in [-0.39, 0.29) is 0 Å². The fourth-order valence-corrected chi connectivity index (χ4v) is 4.37. The Kier molecular flexibility index (Phi) is 6.12. The molecule has 1 N–H and O–H groups in total. The molecule has 0 spiro atoms. The highest BCUT2D eigenvalue weighted by molar-refractivity contribution is 7.99. The summed E-state index contributed by atoms with van der Waals surface area (Å²) in [4.78, 5) is 1.09. The minimum Gasteiger partial charge on any atom is -0.381 e. The number of benzene rings is 1. The lowest BCUT2D eigenvalue weighted by Crippen LogP contribution is -2.28. The molecule has 0 amide bonds. The van der Waals surface area contributed by atoms with Crippen LogP contribution < -0.4 is 5.32 Å². The van der Waals surface area contributed by atoms with Gasteiger partial charge in [0.1, 0.15) is 6.07 Å². The number of thioether (sulfide) groups is 2. The quantitative estimate of drug-likeness (QED) is 0.796. The third-order valence-electron chi connectivity index (χ3n) is 3.76. The number of anilines is 1. The lowest BCUT2D eigenvalue weighted by atomic mass is 9.94. The molecule has 0 saturated heterocycles. The van der Waals surface area contributed by atoms with Crippen molar-refractivity contribution in [1.82, 2.24) is 0 Å². The molecule has 4 heteroatoms. The average Bonchev–Trinajstić information content (AvgIpc) is 2.48. The van der Waals surface area contributed by atoms with Gasteiger partial charge < -0.3 is 5.32 Å². The van der Waals surface area contributed by atoms with E-state index in [9.17, 15) is 5.26 Å². The second-order valence-electron chi connectivity index (χ2n) is 5.09. The Morgan fingerprint density at radius 2 is 2.25 bits per heavy atom. The van der Waals surface area contributed by atoms with Crippen LogP contribution in [0, 0.1) is 11.3 Å². The van der Waals surface area contributed by atoms with Crippen LogP contribution in [0.2, 0.25) is 0 Å². The van der Waals surface area contributed by atoms with Crippen LogP contribution in [0.4, 0.5) is 5.69 Å². The number of nitriles is 1. The molecule has 20 heavy (non-hydrogen) atoms. The summed E-state index contributed by atoms with van der Waals surface area (Å²) in [5.74, 6) is 0.996. The molecule has 108 valence electrons. The van der Waals surface area contributed by atoms with Crippen LogP contribution in [0.15, 0.2) is 23.1 Å². The van der Waals surface area contributed by atoms with Crippen LogP contribution >= 0.6 is 23.5 Å². The highest BCUT2D eigenvalue weighted by Gasteiger charge is 2.22. The molecule has 1 aliphatic carbocycles. The van der Waals surface area contributed by atoms with Gasteiger partial charge in [-0.25, -0.2) is 0 Å². The first-order chi connectivity index (χ1) is 9.78. The second kappa shape index (κ2) is 7.85. The maximum Gasteiger partial charge on any atom is 0.102 e. The minimum absolute atomic E-state index is 0.509. The third-order valence-corrected chi connectivity index (χ3v) is 5.79. The molecule has 1 aromatic rings. The molecule has 0 aromatic heterocycles. The lowest BCUT2D eigenvalue weighted by Gasteiger charge is -2.29. The zero-order valence-corrected chi connectivity index (χ0v) is 13.8. The van der Waals surface area contributed by atoms with Gasteiger partial charge in [-0.15, -0.1) is 11.8 Å². The Morgan fingerprint density at radius 1 is 1.40 bits per heavy atom. The molecule has 0 bridgehead atoms. The molecular weight excluding hydrogens is 284 g/mol. The Morgan fingerprint density at radius 3 is 2.95 bits per heavy atom. The van der Waals surface area contributed by atoms with Crippen LogP contribution in [0.3, 0.4) is 0 Å². The van der Waals surface area contributed by atoms with Gasteiger partial charge in [0.25, 0.3) is 0 Å². The summed E-state index contributed by atoms with van der Waals surface area (Å²) in [6.45, 7) is 2.12. The summed E-state index contributed by atoms with van der Waals surface area (Å²) in [7, 11) is 0. The van der Waals surface area contributed by atoms with Crippen LogP contribution in [0.25, 0.3) is 0 Å². The number of hydrogen-bond donors (Lipinski definition) is 1. The van der Waals surface area contributed by atoms with Gasteiger partial charge in [0.05, 0.1) is 11.3 Å². The normalized spacial score (nSPS) is 22.2. The summed E-state index contributed by atoms with van der Waals surface area (Å²) in [5.41, 5.74) is 1.82. The van der Waals surface area contributed by atoms with E-state index in [0.29, 0.717) is 6.04 Å². The minimum atomic E-state index is 0.509. The maximum atomic E-state index is 9.45. The molecule has 0 radical (unpaired) electrons. The van der Waals surface area contributed by atoms with Gasteiger partial charge in [0, 0.05) is 16.2 Å². The molecule has 1 aliphatic rings. The maximum absolute atomic E-state index is 9.45. The van der Waals surface area contributed by atoms with Gasteiger partial charge in [-0.05, 0) is 43.4 Å². The van der Waals surface area contributed by atoms with Crippen LogP contribution in [-0.2, 0) is 0 Å². The highest BCUT2D eigenvalue weighted by atomic mass is 32.2. The zero-order chi connectivity index (χ0) is 14.4. The summed E-state index contributed by atoms with van der Waals surface area (Å²) in [6.07, 6.45) is 7.24. The Hall–Kier alpha value is -0.790. The summed E-state index contributed by atoms with van der Waals surface area (Å²) in [5, 5.41) is 13.8. The van der Waals surface area contributed by atoms with Gasteiger partial charge in [0.15, 0.2) is 0 Å². The largest absolute Gasteiger partial charge is 0.381 e. The van der Waals surface area contributed by atoms with Crippen molar-refractivity contribution in [3.05, 3.63) is 23.8 Å². The standard InChI is InChI=1S/C16H22N2S2/c1-3-20-16-9-5-8-15(14(16)11-17)18-12-6-4-7-13(10-12)19-2/h5,8-9,12-13,18H,3-4,6-7,10H2,1-2H3. The molecule has 2 unspecified atom stereocenters. The molecule has 1 aromatic carbocycles. The fourth-order valence-electron chi connectivity index (χ4n) is 2.75. The van der Waals surface area contributed by atoms with Crippen molar-refractivity contribution in [2.24, 2.45) is 0 Å². The fraction of sp³-hybridized carbons (Fsp3) is 0.562. The van der Waals surface area contributed by atoms with E-state index in [2.05, 4.69) is 30.6 Å². The summed E-state index contributed by atoms with van der Waals surface area (Å²) < 4.78 is 0. The number of nitrogens with zero attached hydrogens (tertiary/aromatic N) is 1. The molecule has 2 rings (SSSR count). The zero-order valence-electron chi connectivity index (χ0n) is 12.2. The van der Waals surface area contributed by atoms with Gasteiger partial charge >= 0.3 is 0 Å². The molecule has 1 saturated carbocycles. The molecule has 0 heterocycles. The van der Waals surface area contributed by atoms with Crippen LogP contribution in [-0.4, -0.2) is 23.3 Å². The van der Waals surface area contributed by atoms with E-state index in [0.717, 1.165) is 27.1 Å². The molecule has 0 aliphatic heterocycles. The topological polar surface area (TPSA) is 35.8 Å². The van der Waals surface area contributed by atoms with Gasteiger partial charge in [0.2, 0.25) is 0 Å². The third kappa shape index (κ3) is 3.86. The smallest absolute Gasteiger partial charge is 0.102 e. The molecule has 2 atom stereocenters. The number of nitrogens with one attached hydrogen (secondary N) is 1. The Bertz CT molecular complexity index is 482. The predicted octanol–water partition coefficient (Wildman–Crippen LogP) is 4.76. The monoisotopic (exact) mass is 306 g/mol. The van der Waals surface area contributed by atoms with Crippen molar-refractivity contribution in [2.75, 3.05) is 17.3 Å². The van der Waals surface area contributed by atoms with Crippen molar-refractivity contribution < 1.29 is 0 Å². The Labute approximate surface area is 130 Å². The molecular formula is C16H22N2S2. The first-order valence-electron chi connectivity index (χ1n) is 7.23. The van der Waals surface area contributed by atoms with Gasteiger partial charge in [-0.3, -0.25) is 0 Å². The van der Waals surface area contributed by atoms with Crippen LogP contribution in [0.1, 0.15) is 38.2 Å². The van der Waals surface area contributed by atoms with E-state index < -0.39 is 0 Å². The SMILES string of the molecule is CCSc1cccc(NC2CCCC(SC)C2)c1C#N. The molecule has 1 fully saturated rings. The number of rotatable bonds is 5. The van der Waals surface area contributed by atoms with E-state index in [1.54, 1.807) is 11.8 Å². The van der Waals surface area contributed by atoms with Crippen molar-refractivity contribution in [3.8, 4) is 6.07 Å². The summed E-state index contributed by atoms with van der Waals surface area (Å²) in [6, 6.07) is 9.02. The van der Waals surface area contributed by atoms with Gasteiger partial charge in [-0.2, -0.15) is 17.0 Å². The van der Waals surface area contributed by atoms with E-state index in [1.807, 2.05) is 23.9 Å². The van der Waals surface area contributed by atoms with E-state index in [1.165, 1.54) is 25.7 Å². The lowest BCUT2D eigenvalue weighted by molar-refractivity contribution is 0.473. The van der Waals surface area contributed by atoms with E-state index in [4.69, 9.17) is 0 Å². The Balaban J connectivity index is 2.12. The number of hydrogen-bond acceptors (Lipinski definition) is 4. The highest BCUT2D eigenvalue weighted by Crippen LogP contribution is 2.32. The first kappa shape index (κ1) is 15.6. The van der Waals surface area contributed by atoms with Crippen molar-refractivity contribution in [2.45, 2.75) is 48.8 Å². The van der Waals surface area contributed by atoms with Crippen molar-refractivity contribution >= 4 is 29.2 Å². The van der Waals surface area contributed by atoms with Crippen molar-refractivity contribution in [1.29, 1.82) is 5.26 Å².